The molecule has 0 spiro atoms. The van der Waals surface area contributed by atoms with Gasteiger partial charge < -0.3 is 4.74 Å². The second-order valence-corrected chi connectivity index (χ2v) is 4.83. The number of rotatable bonds is 2. The highest BCUT2D eigenvalue weighted by molar-refractivity contribution is 6.65. The molecule has 2 saturated heterocycles. The van der Waals surface area contributed by atoms with Crippen LogP contribution in [0.25, 0.3) is 0 Å². The molecule has 2 fully saturated rings. The molecule has 0 saturated carbocycles. The van der Waals surface area contributed by atoms with Crippen LogP contribution >= 0.6 is 11.6 Å². The zero-order valence-corrected chi connectivity index (χ0v) is 10.7. The van der Waals surface area contributed by atoms with Crippen molar-refractivity contribution in [3.63, 3.8) is 0 Å². The number of likely N-dealkylation sites (N-methyl/N-ethyl adjacent to an activating group) is 2. The lowest BCUT2D eigenvalue weighted by molar-refractivity contribution is -0.534. The maximum absolute atomic E-state index is 12.2. The first-order valence-corrected chi connectivity index (χ1v) is 5.93. The average molecular weight is 272 g/mol. The van der Waals surface area contributed by atoms with Crippen molar-refractivity contribution in [1.82, 2.24) is 9.80 Å². The summed E-state index contributed by atoms with van der Waals surface area (Å²) in [5.41, 5.74) is 0. The van der Waals surface area contributed by atoms with E-state index in [-0.39, 0.29) is 17.3 Å². The highest BCUT2D eigenvalue weighted by atomic mass is 35.5. The van der Waals surface area contributed by atoms with Gasteiger partial charge in [-0.15, -0.1) is 0 Å². The molecule has 2 unspecified atom stereocenters. The molecule has 0 aromatic heterocycles. The van der Waals surface area contributed by atoms with Gasteiger partial charge in [0.25, 0.3) is 17.8 Å². The number of ether oxygens (including phenoxy) is 1. The first-order valence-electron chi connectivity index (χ1n) is 5.55. The Bertz CT molecular complexity index is 511. The van der Waals surface area contributed by atoms with E-state index in [1.807, 2.05) is 0 Å². The monoisotopic (exact) mass is 271 g/mol. The highest BCUT2D eigenvalue weighted by Crippen LogP contribution is 2.22. The molecule has 3 amide bonds. The van der Waals surface area contributed by atoms with Crippen LogP contribution in [0.4, 0.5) is 4.79 Å². The number of nitrogens with zero attached hydrogens (tertiary/aromatic N) is 4. The van der Waals surface area contributed by atoms with Gasteiger partial charge in [-0.1, -0.05) is 0 Å². The molecular weight excluding hydrogens is 260 g/mol. The molecule has 3 heterocycles. The summed E-state index contributed by atoms with van der Waals surface area (Å²) in [5, 5.41) is 0.230. The predicted molar refractivity (Wildman–Crippen MR) is 62.9 cm³/mol. The third kappa shape index (κ3) is 1.54. The van der Waals surface area contributed by atoms with Crippen LogP contribution in [0.15, 0.2) is 4.99 Å². The van der Waals surface area contributed by atoms with E-state index in [1.54, 1.807) is 11.6 Å². The molecule has 0 radical (unpaired) electrons. The Morgan fingerprint density at radius 2 is 2.11 bits per heavy atom. The summed E-state index contributed by atoms with van der Waals surface area (Å²) >= 11 is 6.04. The zero-order valence-electron chi connectivity index (χ0n) is 9.96. The zero-order chi connectivity index (χ0) is 13.0. The standard InChI is InChI=1S/C10H12ClN4O3/c1-13-7-6(8(16)14(2)10(13)17)15(9(11)12-7)3-5-4-18-5/h5-6H,3-4H2,1-2H3/q+1. The first kappa shape index (κ1) is 11.6. The fraction of sp³-hybridized carbons (Fsp3) is 0.600. The molecule has 96 valence electrons. The van der Waals surface area contributed by atoms with Crippen molar-refractivity contribution in [3.8, 4) is 0 Å². The number of urea groups is 1. The summed E-state index contributed by atoms with van der Waals surface area (Å²) in [5.74, 6) is 0.0712. The molecule has 18 heavy (non-hydrogen) atoms. The number of fused-ring (bicyclic) bond motifs is 1. The van der Waals surface area contributed by atoms with Gasteiger partial charge >= 0.3 is 11.3 Å². The third-order valence-corrected chi connectivity index (χ3v) is 3.59. The quantitative estimate of drug-likeness (QED) is 0.379. The fourth-order valence-corrected chi connectivity index (χ4v) is 2.40. The van der Waals surface area contributed by atoms with E-state index in [2.05, 4.69) is 4.99 Å². The number of aliphatic imine (C=N–C) groups is 1. The Labute approximate surface area is 108 Å². The summed E-state index contributed by atoms with van der Waals surface area (Å²) in [6, 6.07) is -1.02. The van der Waals surface area contributed by atoms with Crippen LogP contribution in [0.2, 0.25) is 0 Å². The second kappa shape index (κ2) is 3.76. The smallest absolute Gasteiger partial charge is 0.369 e. The molecule has 2 atom stereocenters. The van der Waals surface area contributed by atoms with Crippen molar-refractivity contribution in [2.45, 2.75) is 12.1 Å². The van der Waals surface area contributed by atoms with Gasteiger partial charge in [0.05, 0.1) is 6.61 Å². The van der Waals surface area contributed by atoms with E-state index >= 15 is 0 Å². The van der Waals surface area contributed by atoms with Gasteiger partial charge in [0.15, 0.2) is 0 Å². The SMILES string of the molecule is CN1C(=O)C2C(=NC(Cl)=[N+]2CC2CO2)N(C)C1=O. The molecule has 3 aliphatic heterocycles. The van der Waals surface area contributed by atoms with Gasteiger partial charge in [-0.25, -0.2) is 9.37 Å². The number of carbonyl (C=O) groups excluding carboxylic acids is 2. The van der Waals surface area contributed by atoms with E-state index < -0.39 is 12.1 Å². The number of carbonyl (C=O) groups is 2. The Hall–Kier alpha value is -1.47. The minimum atomic E-state index is -0.616. The maximum Gasteiger partial charge on any atom is 0.394 e. The minimum Gasteiger partial charge on any atom is -0.369 e. The van der Waals surface area contributed by atoms with Crippen molar-refractivity contribution in [1.29, 1.82) is 0 Å². The van der Waals surface area contributed by atoms with Gasteiger partial charge in [-0.05, 0) is 4.99 Å². The number of hydrogen-bond acceptors (Lipinski definition) is 4. The van der Waals surface area contributed by atoms with Crippen LogP contribution in [0.5, 0.6) is 0 Å². The predicted octanol–water partition coefficient (Wildman–Crippen LogP) is -0.703. The van der Waals surface area contributed by atoms with Gasteiger partial charge in [0, 0.05) is 25.7 Å². The van der Waals surface area contributed by atoms with Crippen LogP contribution in [0, 0.1) is 0 Å². The normalized spacial score (nSPS) is 30.9. The van der Waals surface area contributed by atoms with E-state index in [4.69, 9.17) is 16.3 Å². The van der Waals surface area contributed by atoms with Crippen molar-refractivity contribution < 1.29 is 18.9 Å². The van der Waals surface area contributed by atoms with Crippen molar-refractivity contribution in [3.05, 3.63) is 0 Å². The van der Waals surface area contributed by atoms with E-state index in [9.17, 15) is 9.59 Å². The topological polar surface area (TPSA) is 68.5 Å². The van der Waals surface area contributed by atoms with Crippen LogP contribution in [0.3, 0.4) is 0 Å². The molecule has 0 aromatic rings. The fourth-order valence-electron chi connectivity index (χ4n) is 2.14. The second-order valence-electron chi connectivity index (χ2n) is 4.49. The highest BCUT2D eigenvalue weighted by Gasteiger charge is 2.53. The maximum atomic E-state index is 12.2. The van der Waals surface area contributed by atoms with Gasteiger partial charge in [0.2, 0.25) is 0 Å². The summed E-state index contributed by atoms with van der Waals surface area (Å²) in [4.78, 5) is 30.5. The summed E-state index contributed by atoms with van der Waals surface area (Å²) in [7, 11) is 3.04. The molecule has 3 rings (SSSR count). The lowest BCUT2D eigenvalue weighted by Crippen LogP contribution is -2.61. The summed E-state index contributed by atoms with van der Waals surface area (Å²) < 4.78 is 6.82. The van der Waals surface area contributed by atoms with E-state index in [0.29, 0.717) is 19.0 Å². The largest absolute Gasteiger partial charge is 0.394 e. The molecule has 3 aliphatic rings. The first-order chi connectivity index (χ1) is 8.50. The molecular formula is C10H12ClN4O3+. The Balaban J connectivity index is 1.95. The molecule has 8 heteroatoms. The van der Waals surface area contributed by atoms with Gasteiger partial charge in [-0.2, -0.15) is 0 Å². The molecule has 0 aromatic carbocycles. The van der Waals surface area contributed by atoms with E-state index in [1.165, 1.54) is 11.9 Å². The van der Waals surface area contributed by atoms with Crippen LogP contribution in [-0.2, 0) is 9.53 Å². The lowest BCUT2D eigenvalue weighted by atomic mass is 10.1. The number of hydrogen-bond donors (Lipinski definition) is 0. The Kier molecular flexibility index (Phi) is 2.43. The van der Waals surface area contributed by atoms with Gasteiger partial charge in [-0.3, -0.25) is 14.6 Å². The summed E-state index contributed by atoms with van der Waals surface area (Å²) in [6.45, 7) is 1.18. The Morgan fingerprint density at radius 1 is 1.44 bits per heavy atom. The lowest BCUT2D eigenvalue weighted by Gasteiger charge is -2.30. The van der Waals surface area contributed by atoms with Crippen LogP contribution < -0.4 is 0 Å². The van der Waals surface area contributed by atoms with E-state index in [0.717, 1.165) is 4.90 Å². The van der Waals surface area contributed by atoms with Crippen LogP contribution in [0.1, 0.15) is 0 Å². The minimum absolute atomic E-state index is 0.0920. The number of imide groups is 1. The molecule has 0 bridgehead atoms. The number of amidine groups is 2. The number of epoxide rings is 1. The molecule has 0 aliphatic carbocycles. The number of halogens is 1. The Morgan fingerprint density at radius 3 is 2.72 bits per heavy atom. The van der Waals surface area contributed by atoms with Crippen LogP contribution in [-0.4, -0.2) is 76.8 Å². The van der Waals surface area contributed by atoms with Crippen molar-refractivity contribution >= 4 is 34.7 Å². The summed E-state index contributed by atoms with van der Waals surface area (Å²) in [6.07, 6.45) is 0.0920. The molecule has 7 nitrogen and oxygen atoms in total. The number of amides is 3. The van der Waals surface area contributed by atoms with Crippen molar-refractivity contribution in [2.75, 3.05) is 27.2 Å². The van der Waals surface area contributed by atoms with Gasteiger partial charge in [0.1, 0.15) is 12.6 Å². The molecule has 0 N–H and O–H groups in total. The van der Waals surface area contributed by atoms with Crippen molar-refractivity contribution in [2.24, 2.45) is 4.99 Å². The third-order valence-electron chi connectivity index (χ3n) is 3.28. The average Bonchev–Trinajstić information content (AvgIpc) is 3.09.